The number of rotatable bonds is 8. The molecule has 2 aromatic carbocycles. The lowest BCUT2D eigenvalue weighted by Gasteiger charge is -2.44. The predicted octanol–water partition coefficient (Wildman–Crippen LogP) is 8.35. The Morgan fingerprint density at radius 3 is 1.66 bits per heavy atom. The van der Waals surface area contributed by atoms with Crippen LogP contribution >= 0.6 is 0 Å². The molecule has 4 rings (SSSR count). The van der Waals surface area contributed by atoms with Crippen LogP contribution < -0.4 is 0 Å². The van der Waals surface area contributed by atoms with E-state index >= 15 is 0 Å². The number of aromatic hydroxyl groups is 2. The van der Waals surface area contributed by atoms with E-state index in [4.69, 9.17) is 0 Å². The first-order valence-corrected chi connectivity index (χ1v) is 13.2. The normalized spacial score (nSPS) is 23.8. The van der Waals surface area contributed by atoms with Gasteiger partial charge in [-0.15, -0.1) is 0 Å². The Labute approximate surface area is 195 Å². The van der Waals surface area contributed by atoms with Gasteiger partial charge in [0.2, 0.25) is 0 Å². The van der Waals surface area contributed by atoms with Crippen molar-refractivity contribution < 1.29 is 10.2 Å². The summed E-state index contributed by atoms with van der Waals surface area (Å²) >= 11 is 0. The van der Waals surface area contributed by atoms with Crippen LogP contribution in [0.2, 0.25) is 0 Å². The zero-order valence-corrected chi connectivity index (χ0v) is 19.9. The second-order valence-electron chi connectivity index (χ2n) is 10.6. The van der Waals surface area contributed by atoms with Crippen LogP contribution in [-0.2, 0) is 5.41 Å². The summed E-state index contributed by atoms with van der Waals surface area (Å²) < 4.78 is 0. The van der Waals surface area contributed by atoms with Crippen LogP contribution in [0.15, 0.2) is 48.5 Å². The summed E-state index contributed by atoms with van der Waals surface area (Å²) in [7, 11) is 0. The fourth-order valence-corrected chi connectivity index (χ4v) is 6.72. The third-order valence-corrected chi connectivity index (χ3v) is 8.75. The minimum atomic E-state index is -0.00558. The first kappa shape index (κ1) is 23.2. The van der Waals surface area contributed by atoms with Crippen LogP contribution in [0.5, 0.6) is 11.5 Å². The molecule has 0 heterocycles. The Morgan fingerprint density at radius 1 is 0.656 bits per heavy atom. The SMILES string of the molecule is CCCCCC[C@H]1CC[C@@H](C2CCC(c3ccc(O)cc3)(c3ccc(O)cc3)CC2)CC1. The van der Waals surface area contributed by atoms with E-state index in [1.54, 1.807) is 0 Å². The Kier molecular flexibility index (Phi) is 7.81. The Bertz CT molecular complexity index is 759. The summed E-state index contributed by atoms with van der Waals surface area (Å²) in [4.78, 5) is 0. The van der Waals surface area contributed by atoms with Gasteiger partial charge in [0.1, 0.15) is 11.5 Å². The lowest BCUT2D eigenvalue weighted by Crippen LogP contribution is -2.35. The van der Waals surface area contributed by atoms with Gasteiger partial charge in [0, 0.05) is 5.41 Å². The summed E-state index contributed by atoms with van der Waals surface area (Å²) in [6, 6.07) is 15.7. The van der Waals surface area contributed by atoms with Crippen molar-refractivity contribution in [1.29, 1.82) is 0 Å². The van der Waals surface area contributed by atoms with Crippen LogP contribution in [0, 0.1) is 17.8 Å². The molecule has 0 amide bonds. The molecule has 2 saturated carbocycles. The lowest BCUT2D eigenvalue weighted by atomic mass is 9.60. The maximum Gasteiger partial charge on any atom is 0.115 e. The quantitative estimate of drug-likeness (QED) is 0.410. The van der Waals surface area contributed by atoms with Gasteiger partial charge in [-0.25, -0.2) is 0 Å². The lowest BCUT2D eigenvalue weighted by molar-refractivity contribution is 0.140. The summed E-state index contributed by atoms with van der Waals surface area (Å²) in [6.45, 7) is 2.30. The largest absolute Gasteiger partial charge is 0.508 e. The standard InChI is InChI=1S/C30H42O2/c1-2-3-4-5-6-23-7-9-24(10-8-23)25-19-21-30(22-20-25,26-11-15-28(31)16-12-26)27-13-17-29(32)18-14-27/h11-18,23-25,31-32H,2-10,19-22H2,1H3/t23-,24+. The highest BCUT2D eigenvalue weighted by Crippen LogP contribution is 2.50. The summed E-state index contributed by atoms with van der Waals surface area (Å²) in [6.07, 6.45) is 17.7. The van der Waals surface area contributed by atoms with Gasteiger partial charge in [-0.1, -0.05) is 76.1 Å². The summed E-state index contributed by atoms with van der Waals surface area (Å²) in [5.74, 6) is 3.42. The summed E-state index contributed by atoms with van der Waals surface area (Å²) in [5.41, 5.74) is 2.60. The monoisotopic (exact) mass is 434 g/mol. The number of phenolic OH excluding ortho intramolecular Hbond substituents is 2. The molecule has 2 N–H and O–H groups in total. The first-order valence-electron chi connectivity index (χ1n) is 13.2. The molecule has 2 aromatic rings. The van der Waals surface area contributed by atoms with E-state index in [9.17, 15) is 10.2 Å². The number of benzene rings is 2. The van der Waals surface area contributed by atoms with Crippen molar-refractivity contribution in [1.82, 2.24) is 0 Å². The van der Waals surface area contributed by atoms with E-state index in [0.29, 0.717) is 11.5 Å². The molecule has 0 radical (unpaired) electrons. The average molecular weight is 435 g/mol. The molecule has 2 aliphatic carbocycles. The fourth-order valence-electron chi connectivity index (χ4n) is 6.72. The van der Waals surface area contributed by atoms with Crippen molar-refractivity contribution in [3.05, 3.63) is 59.7 Å². The second-order valence-corrected chi connectivity index (χ2v) is 10.6. The smallest absolute Gasteiger partial charge is 0.115 e. The zero-order chi connectivity index (χ0) is 22.4. The van der Waals surface area contributed by atoms with Gasteiger partial charge in [-0.3, -0.25) is 0 Å². The van der Waals surface area contributed by atoms with Gasteiger partial charge >= 0.3 is 0 Å². The minimum Gasteiger partial charge on any atom is -0.508 e. The maximum absolute atomic E-state index is 9.83. The van der Waals surface area contributed by atoms with Gasteiger partial charge in [-0.05, 0) is 91.7 Å². The van der Waals surface area contributed by atoms with Gasteiger partial charge < -0.3 is 10.2 Å². The molecule has 32 heavy (non-hydrogen) atoms. The predicted molar refractivity (Wildman–Crippen MR) is 133 cm³/mol. The van der Waals surface area contributed by atoms with Crippen molar-refractivity contribution >= 4 is 0 Å². The molecule has 0 atom stereocenters. The topological polar surface area (TPSA) is 40.5 Å². The minimum absolute atomic E-state index is 0.00558. The van der Waals surface area contributed by atoms with E-state index < -0.39 is 0 Å². The first-order chi connectivity index (χ1) is 15.6. The van der Waals surface area contributed by atoms with Gasteiger partial charge in [-0.2, -0.15) is 0 Å². The molecule has 0 aromatic heterocycles. The third kappa shape index (κ3) is 5.33. The average Bonchev–Trinajstić information content (AvgIpc) is 2.83. The van der Waals surface area contributed by atoms with Gasteiger partial charge in [0.15, 0.2) is 0 Å². The molecule has 2 nitrogen and oxygen atoms in total. The third-order valence-electron chi connectivity index (χ3n) is 8.75. The summed E-state index contributed by atoms with van der Waals surface area (Å²) in [5, 5.41) is 19.7. The zero-order valence-electron chi connectivity index (χ0n) is 19.9. The number of hydrogen-bond acceptors (Lipinski definition) is 2. The molecule has 2 aliphatic rings. The molecule has 0 bridgehead atoms. The molecule has 0 spiro atoms. The number of phenols is 2. The van der Waals surface area contributed by atoms with E-state index in [2.05, 4.69) is 31.2 Å². The molecule has 2 fully saturated rings. The highest BCUT2D eigenvalue weighted by molar-refractivity contribution is 5.43. The van der Waals surface area contributed by atoms with E-state index in [1.807, 2.05) is 24.3 Å². The van der Waals surface area contributed by atoms with Crippen LogP contribution in [0.4, 0.5) is 0 Å². The molecule has 2 heteroatoms. The molecule has 0 unspecified atom stereocenters. The Hall–Kier alpha value is -1.96. The van der Waals surface area contributed by atoms with Crippen molar-refractivity contribution in [2.75, 3.05) is 0 Å². The van der Waals surface area contributed by atoms with Crippen LogP contribution in [-0.4, -0.2) is 10.2 Å². The van der Waals surface area contributed by atoms with E-state index in [0.717, 1.165) is 30.6 Å². The molecular formula is C30H42O2. The van der Waals surface area contributed by atoms with E-state index in [-0.39, 0.29) is 5.41 Å². The number of hydrogen-bond donors (Lipinski definition) is 2. The van der Waals surface area contributed by atoms with Crippen LogP contribution in [0.3, 0.4) is 0 Å². The number of unbranched alkanes of at least 4 members (excludes halogenated alkanes) is 3. The van der Waals surface area contributed by atoms with Gasteiger partial charge in [0.05, 0.1) is 0 Å². The van der Waals surface area contributed by atoms with Crippen LogP contribution in [0.1, 0.15) is 102 Å². The highest BCUT2D eigenvalue weighted by atomic mass is 16.3. The van der Waals surface area contributed by atoms with Crippen molar-refractivity contribution in [3.8, 4) is 11.5 Å². The Balaban J connectivity index is 1.39. The van der Waals surface area contributed by atoms with Crippen LogP contribution in [0.25, 0.3) is 0 Å². The van der Waals surface area contributed by atoms with E-state index in [1.165, 1.54) is 81.8 Å². The molecule has 0 saturated heterocycles. The fraction of sp³-hybridized carbons (Fsp3) is 0.600. The molecular weight excluding hydrogens is 392 g/mol. The molecule has 0 aliphatic heterocycles. The van der Waals surface area contributed by atoms with Crippen molar-refractivity contribution in [3.63, 3.8) is 0 Å². The van der Waals surface area contributed by atoms with Crippen molar-refractivity contribution in [2.45, 2.75) is 95.8 Å². The Morgan fingerprint density at radius 2 is 1.16 bits per heavy atom. The maximum atomic E-state index is 9.83. The second kappa shape index (κ2) is 10.8. The highest BCUT2D eigenvalue weighted by Gasteiger charge is 2.40. The van der Waals surface area contributed by atoms with Crippen molar-refractivity contribution in [2.24, 2.45) is 17.8 Å². The van der Waals surface area contributed by atoms with Gasteiger partial charge in [0.25, 0.3) is 0 Å². The molecule has 174 valence electrons.